The lowest BCUT2D eigenvalue weighted by molar-refractivity contribution is 0.669. The minimum absolute atomic E-state index is 0.272. The molecule has 1 aromatic heterocycles. The Morgan fingerprint density at radius 3 is 1.88 bits per heavy atom. The van der Waals surface area contributed by atoms with Crippen LogP contribution < -0.4 is 0 Å². The van der Waals surface area contributed by atoms with Crippen molar-refractivity contribution >= 4 is 86.1 Å². The normalized spacial score (nSPS) is 14.4. The highest BCUT2D eigenvalue weighted by Gasteiger charge is 2.39. The highest BCUT2D eigenvalue weighted by atomic mass is 32.1. The summed E-state index contributed by atoms with van der Waals surface area (Å²) in [4.78, 5) is 0. The second-order valence-electron chi connectivity index (χ2n) is 15.1. The largest absolute Gasteiger partial charge is 0.135 e. The lowest BCUT2D eigenvalue weighted by atomic mass is 9.80. The second-order valence-corrected chi connectivity index (χ2v) is 16.2. The van der Waals surface area contributed by atoms with Crippen molar-refractivity contribution in [3.05, 3.63) is 230 Å². The minimum Gasteiger partial charge on any atom is -0.135 e. The number of rotatable bonds is 6. The Balaban J connectivity index is 1.21. The molecular weight excluding hydrogens is 693 g/mol. The first-order valence-corrected chi connectivity index (χ1v) is 19.9. The number of hydrogen-bond donors (Lipinski definition) is 0. The predicted molar refractivity (Wildman–Crippen MR) is 249 cm³/mol. The van der Waals surface area contributed by atoms with Crippen LogP contribution in [-0.2, 0) is 5.41 Å². The molecule has 56 heavy (non-hydrogen) atoms. The zero-order chi connectivity index (χ0) is 38.6. The van der Waals surface area contributed by atoms with Gasteiger partial charge in [0.05, 0.1) is 0 Å². The van der Waals surface area contributed by atoms with Crippen molar-refractivity contribution in [1.29, 1.82) is 0 Å². The molecule has 1 heteroatoms. The molecule has 0 saturated carbocycles. The molecule has 1 aliphatic rings. The van der Waals surface area contributed by atoms with E-state index in [4.69, 9.17) is 13.2 Å². The summed E-state index contributed by atoms with van der Waals surface area (Å²) < 4.78 is 2.66. The Labute approximate surface area is 333 Å². The van der Waals surface area contributed by atoms with E-state index in [0.717, 1.165) is 55.3 Å². The van der Waals surface area contributed by atoms with E-state index < -0.39 is 0 Å². The summed E-state index contributed by atoms with van der Waals surface area (Å²) in [7, 11) is 0. The maximum absolute atomic E-state index is 4.77. The van der Waals surface area contributed by atoms with Gasteiger partial charge in [0.1, 0.15) is 0 Å². The molecule has 1 aliphatic carbocycles. The van der Waals surface area contributed by atoms with Crippen LogP contribution in [0.15, 0.2) is 202 Å². The molecule has 0 spiro atoms. The first kappa shape index (κ1) is 35.2. The molecule has 0 bridgehead atoms. The van der Waals surface area contributed by atoms with E-state index in [1.165, 1.54) is 52.8 Å². The first-order valence-electron chi connectivity index (χ1n) is 19.1. The quantitative estimate of drug-likeness (QED) is 0.149. The Hall–Kier alpha value is -6.54. The van der Waals surface area contributed by atoms with Crippen molar-refractivity contribution in [2.75, 3.05) is 0 Å². The molecule has 0 nitrogen and oxygen atoms in total. The fraction of sp³-hybridized carbons (Fsp3) is 0.0545. The lowest BCUT2D eigenvalue weighted by Gasteiger charge is -2.23. The van der Waals surface area contributed by atoms with Crippen LogP contribution in [0.5, 0.6) is 0 Å². The molecule has 0 fully saturated rings. The average Bonchev–Trinajstić information content (AvgIpc) is 3.69. The van der Waals surface area contributed by atoms with Crippen LogP contribution >= 0.6 is 11.3 Å². The van der Waals surface area contributed by atoms with Gasteiger partial charge in [-0.1, -0.05) is 192 Å². The van der Waals surface area contributed by atoms with Crippen LogP contribution in [0.3, 0.4) is 0 Å². The van der Waals surface area contributed by atoms with Crippen LogP contribution in [0.1, 0.15) is 41.7 Å². The van der Waals surface area contributed by atoms with Crippen molar-refractivity contribution < 1.29 is 0 Å². The predicted octanol–water partition coefficient (Wildman–Crippen LogP) is 15.9. The standard InChI is InChI=1S/C55H42S/c1-7-38(43-27-18-20-39-19-12-13-23-44(39)43)33-35(2)41-21-10-8-9-11-22-42(46-25-15-14-24-45(41)46)36(3)34-50-37(4)55(5,6)53-48(50)31-29-40-30-32-49-47-26-16-17-28-51(47)56-54(49)52(40)53/h7-34H,1-4H2,5-6H3/b9-8?,10-8?,11-9?,21-10?,22-11?,38-33+,41-21?,42-22?,45-41?,46-42?,50-34+. The Bertz CT molecular complexity index is 3110. The summed E-state index contributed by atoms with van der Waals surface area (Å²) in [5.74, 6) is 0. The molecule has 0 saturated heterocycles. The minimum atomic E-state index is -0.272. The second kappa shape index (κ2) is 13.9. The van der Waals surface area contributed by atoms with E-state index >= 15 is 0 Å². The van der Waals surface area contributed by atoms with Gasteiger partial charge in [0.15, 0.2) is 0 Å². The highest BCUT2D eigenvalue weighted by molar-refractivity contribution is 7.26. The summed E-state index contributed by atoms with van der Waals surface area (Å²) in [6, 6.07) is 54.0. The van der Waals surface area contributed by atoms with E-state index in [0.29, 0.717) is 0 Å². The molecule has 7 aromatic carbocycles. The molecule has 8 aromatic rings. The number of thiophene rings is 1. The number of allylic oxidation sites excluding steroid dienone is 8. The molecule has 268 valence electrons. The maximum Gasteiger partial charge on any atom is 0.0437 e. The zero-order valence-corrected chi connectivity index (χ0v) is 32.7. The van der Waals surface area contributed by atoms with Crippen molar-refractivity contribution in [1.82, 2.24) is 0 Å². The molecule has 0 amide bonds. The van der Waals surface area contributed by atoms with Crippen LogP contribution in [0.4, 0.5) is 0 Å². The first-order chi connectivity index (χ1) is 27.3. The molecule has 1 heterocycles. The average molecular weight is 735 g/mol. The van der Waals surface area contributed by atoms with Crippen molar-refractivity contribution in [2.45, 2.75) is 19.3 Å². The van der Waals surface area contributed by atoms with Gasteiger partial charge in [-0.15, -0.1) is 11.3 Å². The third kappa shape index (κ3) is 5.75. The van der Waals surface area contributed by atoms with Crippen LogP contribution in [-0.4, -0.2) is 0 Å². The van der Waals surface area contributed by atoms with Gasteiger partial charge in [-0.05, 0) is 101 Å². The Morgan fingerprint density at radius 2 is 1.14 bits per heavy atom. The summed E-state index contributed by atoms with van der Waals surface area (Å²) in [6.07, 6.45) is 6.35. The van der Waals surface area contributed by atoms with Crippen LogP contribution in [0, 0.1) is 0 Å². The number of benzene rings is 6. The summed E-state index contributed by atoms with van der Waals surface area (Å²) >= 11 is 1.89. The third-order valence-electron chi connectivity index (χ3n) is 11.6. The van der Waals surface area contributed by atoms with Crippen molar-refractivity contribution in [3.63, 3.8) is 0 Å². The number of hydrogen-bond acceptors (Lipinski definition) is 1. The van der Waals surface area contributed by atoms with Gasteiger partial charge in [0.2, 0.25) is 0 Å². The summed E-state index contributed by atoms with van der Waals surface area (Å²) in [5, 5.41) is 9.80. The molecule has 0 atom stereocenters. The zero-order valence-electron chi connectivity index (χ0n) is 31.9. The topological polar surface area (TPSA) is 0 Å². The fourth-order valence-electron chi connectivity index (χ4n) is 8.65. The molecule has 0 aliphatic heterocycles. The molecule has 0 radical (unpaired) electrons. The molecule has 0 N–H and O–H groups in total. The van der Waals surface area contributed by atoms with Gasteiger partial charge in [-0.3, -0.25) is 0 Å². The van der Waals surface area contributed by atoms with Gasteiger partial charge in [-0.25, -0.2) is 0 Å². The van der Waals surface area contributed by atoms with Crippen molar-refractivity contribution in [2.24, 2.45) is 0 Å². The van der Waals surface area contributed by atoms with Crippen molar-refractivity contribution in [3.8, 4) is 0 Å². The van der Waals surface area contributed by atoms with Crippen LogP contribution in [0.25, 0.3) is 74.8 Å². The van der Waals surface area contributed by atoms with Gasteiger partial charge < -0.3 is 0 Å². The highest BCUT2D eigenvalue weighted by Crippen LogP contribution is 2.54. The Kier molecular flexibility index (Phi) is 8.76. The Morgan fingerprint density at radius 1 is 0.554 bits per heavy atom. The monoisotopic (exact) mass is 734 g/mol. The van der Waals surface area contributed by atoms with Gasteiger partial charge in [0, 0.05) is 31.0 Å². The SMILES string of the molecule is C=C/C(=C\C(=C)c1ccccccc(C(=C)/C=C2\C(=C)C(C)(C)c3c2ccc2ccc4c5ccccc5sc4c32)c2ccccc12)c1cccc2ccccc12. The maximum atomic E-state index is 4.77. The van der Waals surface area contributed by atoms with Gasteiger partial charge >= 0.3 is 0 Å². The third-order valence-corrected chi connectivity index (χ3v) is 12.8. The van der Waals surface area contributed by atoms with E-state index in [1.807, 2.05) is 17.4 Å². The van der Waals surface area contributed by atoms with E-state index in [2.05, 4.69) is 191 Å². The molecular formula is C55H42S. The number of fused-ring (bicyclic) bond motifs is 9. The van der Waals surface area contributed by atoms with Crippen LogP contribution in [0.2, 0.25) is 0 Å². The van der Waals surface area contributed by atoms with Gasteiger partial charge in [-0.2, -0.15) is 0 Å². The summed E-state index contributed by atoms with van der Waals surface area (Å²) in [5.41, 5.74) is 10.6. The van der Waals surface area contributed by atoms with E-state index in [9.17, 15) is 0 Å². The molecule has 9 rings (SSSR count). The lowest BCUT2D eigenvalue weighted by Crippen LogP contribution is -2.14. The van der Waals surface area contributed by atoms with Gasteiger partial charge in [0.25, 0.3) is 0 Å². The molecule has 0 unspecified atom stereocenters. The summed E-state index contributed by atoms with van der Waals surface area (Å²) in [6.45, 7) is 23.0. The van der Waals surface area contributed by atoms with E-state index in [1.54, 1.807) is 0 Å². The smallest absolute Gasteiger partial charge is 0.0437 e. The van der Waals surface area contributed by atoms with E-state index in [-0.39, 0.29) is 5.41 Å². The fourth-order valence-corrected chi connectivity index (χ4v) is 9.91.